The monoisotopic (exact) mass is 338 g/mol. The summed E-state index contributed by atoms with van der Waals surface area (Å²) >= 11 is 1.14. The van der Waals surface area contributed by atoms with Gasteiger partial charge in [0, 0.05) is 13.1 Å². The largest absolute Gasteiger partial charge is 0.478 e. The zero-order chi connectivity index (χ0) is 16.1. The predicted molar refractivity (Wildman–Crippen MR) is 81.4 cm³/mol. The van der Waals surface area contributed by atoms with Crippen molar-refractivity contribution in [2.45, 2.75) is 31.1 Å². The molecule has 3 rings (SSSR count). The standard InChI is InChI=1S/C14H14N2O4S2/c1-8-14(21-9(2)15-8)22(19,20)16-6-10-4-3-5-11(13(17)18)12(10)7-16/h3-5H,6-7H2,1-2H3,(H,17,18). The maximum atomic E-state index is 12.8. The van der Waals surface area contributed by atoms with Crippen molar-refractivity contribution in [2.24, 2.45) is 0 Å². The summed E-state index contributed by atoms with van der Waals surface area (Å²) in [5.74, 6) is -1.04. The number of hydrogen-bond acceptors (Lipinski definition) is 5. The summed E-state index contributed by atoms with van der Waals surface area (Å²) in [6, 6.07) is 4.90. The van der Waals surface area contributed by atoms with Crippen molar-refractivity contribution in [1.29, 1.82) is 0 Å². The lowest BCUT2D eigenvalue weighted by Crippen LogP contribution is -2.25. The van der Waals surface area contributed by atoms with Crippen LogP contribution in [0, 0.1) is 13.8 Å². The molecular formula is C14H14N2O4S2. The van der Waals surface area contributed by atoms with E-state index in [1.807, 2.05) is 0 Å². The summed E-state index contributed by atoms with van der Waals surface area (Å²) in [5, 5.41) is 9.92. The van der Waals surface area contributed by atoms with Crippen LogP contribution in [0.1, 0.15) is 32.2 Å². The van der Waals surface area contributed by atoms with Gasteiger partial charge in [-0.25, -0.2) is 18.2 Å². The number of hydrogen-bond donors (Lipinski definition) is 1. The Bertz CT molecular complexity index is 871. The maximum Gasteiger partial charge on any atom is 0.336 e. The van der Waals surface area contributed by atoms with E-state index in [1.54, 1.807) is 26.0 Å². The van der Waals surface area contributed by atoms with Crippen molar-refractivity contribution in [3.63, 3.8) is 0 Å². The summed E-state index contributed by atoms with van der Waals surface area (Å²) in [5.41, 5.74) is 1.95. The lowest BCUT2D eigenvalue weighted by atomic mass is 10.0. The van der Waals surface area contributed by atoms with Crippen molar-refractivity contribution in [3.05, 3.63) is 45.6 Å². The van der Waals surface area contributed by atoms with Gasteiger partial charge in [-0.15, -0.1) is 11.3 Å². The molecule has 0 amide bonds. The third kappa shape index (κ3) is 2.33. The number of nitrogens with zero attached hydrogens (tertiary/aromatic N) is 2. The highest BCUT2D eigenvalue weighted by atomic mass is 32.2. The Morgan fingerprint density at radius 1 is 1.32 bits per heavy atom. The number of carboxylic acid groups (broad SMARTS) is 1. The van der Waals surface area contributed by atoms with E-state index in [9.17, 15) is 18.3 Å². The molecule has 22 heavy (non-hydrogen) atoms. The van der Waals surface area contributed by atoms with Gasteiger partial charge in [-0.05, 0) is 31.0 Å². The molecule has 0 aliphatic carbocycles. The smallest absolute Gasteiger partial charge is 0.336 e. The number of benzene rings is 1. The highest BCUT2D eigenvalue weighted by molar-refractivity contribution is 7.91. The number of carbonyl (C=O) groups is 1. The molecule has 1 aromatic heterocycles. The highest BCUT2D eigenvalue weighted by Gasteiger charge is 2.35. The van der Waals surface area contributed by atoms with Crippen LogP contribution in [-0.4, -0.2) is 28.8 Å². The second-order valence-electron chi connectivity index (χ2n) is 5.13. The molecule has 116 valence electrons. The molecule has 1 aromatic carbocycles. The Hall–Kier alpha value is -1.77. The van der Waals surface area contributed by atoms with Crippen molar-refractivity contribution in [3.8, 4) is 0 Å². The van der Waals surface area contributed by atoms with Crippen molar-refractivity contribution >= 4 is 27.3 Å². The zero-order valence-corrected chi connectivity index (χ0v) is 13.7. The average Bonchev–Trinajstić information content (AvgIpc) is 3.01. The van der Waals surface area contributed by atoms with Crippen LogP contribution in [0.25, 0.3) is 0 Å². The van der Waals surface area contributed by atoms with Crippen LogP contribution in [0.2, 0.25) is 0 Å². The molecule has 0 unspecified atom stereocenters. The highest BCUT2D eigenvalue weighted by Crippen LogP contribution is 2.33. The number of thiazole rings is 1. The fourth-order valence-electron chi connectivity index (χ4n) is 2.63. The third-order valence-corrected chi connectivity index (χ3v) is 7.07. The van der Waals surface area contributed by atoms with Crippen LogP contribution in [0.5, 0.6) is 0 Å². The minimum Gasteiger partial charge on any atom is -0.478 e. The summed E-state index contributed by atoms with van der Waals surface area (Å²) in [6.07, 6.45) is 0. The topological polar surface area (TPSA) is 87.6 Å². The van der Waals surface area contributed by atoms with Gasteiger partial charge >= 0.3 is 5.97 Å². The van der Waals surface area contributed by atoms with E-state index in [0.29, 0.717) is 16.3 Å². The first-order valence-corrected chi connectivity index (χ1v) is 8.84. The Morgan fingerprint density at radius 3 is 2.64 bits per heavy atom. The van der Waals surface area contributed by atoms with E-state index < -0.39 is 16.0 Å². The van der Waals surface area contributed by atoms with Gasteiger partial charge in [0.2, 0.25) is 0 Å². The van der Waals surface area contributed by atoms with Gasteiger partial charge in [0.15, 0.2) is 4.21 Å². The molecule has 0 bridgehead atoms. The molecule has 2 aromatic rings. The molecule has 1 aliphatic rings. The second-order valence-corrected chi connectivity index (χ2v) is 8.46. The summed E-state index contributed by atoms with van der Waals surface area (Å²) in [7, 11) is -3.66. The van der Waals surface area contributed by atoms with E-state index in [1.165, 1.54) is 10.4 Å². The predicted octanol–water partition coefficient (Wildman–Crippen LogP) is 2.16. The van der Waals surface area contributed by atoms with Crippen molar-refractivity contribution in [2.75, 3.05) is 0 Å². The number of carboxylic acids is 1. The maximum absolute atomic E-state index is 12.8. The Labute approximate surface area is 132 Å². The quantitative estimate of drug-likeness (QED) is 0.926. The summed E-state index contributed by atoms with van der Waals surface area (Å²) in [4.78, 5) is 15.4. The lowest BCUT2D eigenvalue weighted by Gasteiger charge is -2.14. The zero-order valence-electron chi connectivity index (χ0n) is 12.0. The van der Waals surface area contributed by atoms with Gasteiger partial charge in [-0.3, -0.25) is 0 Å². The molecular weight excluding hydrogens is 324 g/mol. The third-order valence-electron chi connectivity index (χ3n) is 3.62. The number of sulfonamides is 1. The molecule has 8 heteroatoms. The van der Waals surface area contributed by atoms with Gasteiger partial charge in [-0.2, -0.15) is 4.31 Å². The van der Waals surface area contributed by atoms with Gasteiger partial charge < -0.3 is 5.11 Å². The van der Waals surface area contributed by atoms with Gasteiger partial charge in [0.25, 0.3) is 10.0 Å². The van der Waals surface area contributed by atoms with E-state index >= 15 is 0 Å². The van der Waals surface area contributed by atoms with Crippen LogP contribution in [0.15, 0.2) is 22.4 Å². The Kier molecular flexibility index (Phi) is 3.54. The molecule has 1 N–H and O–H groups in total. The van der Waals surface area contributed by atoms with Crippen LogP contribution >= 0.6 is 11.3 Å². The number of rotatable bonds is 3. The average molecular weight is 338 g/mol. The fourth-order valence-corrected chi connectivity index (χ4v) is 5.64. The molecule has 0 saturated heterocycles. The Balaban J connectivity index is 2.01. The van der Waals surface area contributed by atoms with E-state index in [-0.39, 0.29) is 22.9 Å². The second kappa shape index (κ2) is 5.15. The molecule has 0 atom stereocenters. The minimum atomic E-state index is -3.66. The minimum absolute atomic E-state index is 0.0799. The lowest BCUT2D eigenvalue weighted by molar-refractivity contribution is 0.0695. The number of aromatic carboxylic acids is 1. The van der Waals surface area contributed by atoms with Crippen molar-refractivity contribution < 1.29 is 18.3 Å². The normalized spacial score (nSPS) is 15.0. The van der Waals surface area contributed by atoms with Crippen LogP contribution in [0.3, 0.4) is 0 Å². The van der Waals surface area contributed by atoms with Crippen LogP contribution < -0.4 is 0 Å². The van der Waals surface area contributed by atoms with Gasteiger partial charge in [0.1, 0.15) is 0 Å². The van der Waals surface area contributed by atoms with Crippen LogP contribution in [0.4, 0.5) is 0 Å². The number of aryl methyl sites for hydroxylation is 2. The van der Waals surface area contributed by atoms with E-state index in [2.05, 4.69) is 4.98 Å². The first-order valence-electron chi connectivity index (χ1n) is 6.59. The molecule has 0 spiro atoms. The Morgan fingerprint density at radius 2 is 2.05 bits per heavy atom. The molecule has 0 saturated carbocycles. The molecule has 0 fully saturated rings. The fraction of sp³-hybridized carbons (Fsp3) is 0.286. The van der Waals surface area contributed by atoms with E-state index in [0.717, 1.165) is 16.9 Å². The number of fused-ring (bicyclic) bond motifs is 1. The number of aromatic nitrogens is 1. The molecule has 1 aliphatic heterocycles. The van der Waals surface area contributed by atoms with Crippen molar-refractivity contribution in [1.82, 2.24) is 9.29 Å². The first kappa shape index (κ1) is 15.1. The molecule has 2 heterocycles. The van der Waals surface area contributed by atoms with Gasteiger partial charge in [0.05, 0.1) is 16.3 Å². The summed E-state index contributed by atoms with van der Waals surface area (Å²) < 4.78 is 27.1. The first-order chi connectivity index (χ1) is 10.3. The SMILES string of the molecule is Cc1nc(C)c(S(=O)(=O)N2Cc3cccc(C(=O)O)c3C2)s1. The molecule has 6 nitrogen and oxygen atoms in total. The summed E-state index contributed by atoms with van der Waals surface area (Å²) in [6.45, 7) is 3.70. The van der Waals surface area contributed by atoms with E-state index in [4.69, 9.17) is 0 Å². The van der Waals surface area contributed by atoms with Crippen LogP contribution in [-0.2, 0) is 23.1 Å². The van der Waals surface area contributed by atoms with Gasteiger partial charge in [-0.1, -0.05) is 12.1 Å². The molecule has 0 radical (unpaired) electrons.